The van der Waals surface area contributed by atoms with E-state index in [9.17, 15) is 4.79 Å². The monoisotopic (exact) mass is 695 g/mol. The Hall–Kier alpha value is -5.34. The molecule has 0 unspecified atom stereocenters. The minimum atomic E-state index is -0.923. The first kappa shape index (κ1) is 31.3. The highest BCUT2D eigenvalue weighted by Crippen LogP contribution is 2.43. The van der Waals surface area contributed by atoms with E-state index in [-0.39, 0.29) is 0 Å². The quantitative estimate of drug-likeness (QED) is 0.162. The van der Waals surface area contributed by atoms with Gasteiger partial charge in [0, 0.05) is 16.5 Å². The average Bonchev–Trinajstić information content (AvgIpc) is 3.69. The number of benzene rings is 5. The van der Waals surface area contributed by atoms with Crippen LogP contribution < -0.4 is 0 Å². The van der Waals surface area contributed by atoms with E-state index in [4.69, 9.17) is 20.1 Å². The highest BCUT2D eigenvalue weighted by Gasteiger charge is 2.41. The van der Waals surface area contributed by atoms with Crippen LogP contribution in [0.15, 0.2) is 138 Å². The summed E-state index contributed by atoms with van der Waals surface area (Å²) in [4.78, 5) is 15.6. The molecule has 48 heavy (non-hydrogen) atoms. The normalized spacial score (nSPS) is 11.9. The number of aromatic nitrogens is 5. The van der Waals surface area contributed by atoms with Crippen LogP contribution in [-0.2, 0) is 10.3 Å². The SMILES string of the molecule is Cc1ccc2c(c1)c(Br)c(-c1ccccc1-c1nnn(C(c3ccccc3)(c3ccccc3)c3ccccc3)n1)n2C(=O)OC(C)(C)C. The van der Waals surface area contributed by atoms with Gasteiger partial charge in [0.2, 0.25) is 5.82 Å². The second-order valence-corrected chi connectivity index (χ2v) is 13.5. The lowest BCUT2D eigenvalue weighted by Crippen LogP contribution is -2.39. The molecule has 7 rings (SSSR count). The lowest BCUT2D eigenvalue weighted by molar-refractivity contribution is 0.0547. The third-order valence-electron chi connectivity index (χ3n) is 8.35. The molecule has 7 aromatic rings. The van der Waals surface area contributed by atoms with Gasteiger partial charge in [0.15, 0.2) is 5.54 Å². The molecule has 0 fully saturated rings. The van der Waals surface area contributed by atoms with E-state index in [1.165, 1.54) is 0 Å². The first-order chi connectivity index (χ1) is 23.2. The zero-order chi connectivity index (χ0) is 33.5. The zero-order valence-electron chi connectivity index (χ0n) is 27.1. The fraction of sp³-hybridized carbons (Fsp3) is 0.150. The maximum Gasteiger partial charge on any atom is 0.419 e. The Morgan fingerprint density at radius 2 is 1.23 bits per heavy atom. The van der Waals surface area contributed by atoms with E-state index in [1.807, 2.05) is 119 Å². The molecule has 0 radical (unpaired) electrons. The lowest BCUT2D eigenvalue weighted by Gasteiger charge is -2.34. The van der Waals surface area contributed by atoms with Crippen molar-refractivity contribution in [3.8, 4) is 22.6 Å². The van der Waals surface area contributed by atoms with Gasteiger partial charge in [-0.3, -0.25) is 0 Å². The van der Waals surface area contributed by atoms with Gasteiger partial charge in [0.1, 0.15) is 5.60 Å². The molecule has 2 heterocycles. The number of aryl methyl sites for hydroxylation is 1. The fourth-order valence-corrected chi connectivity index (χ4v) is 7.04. The molecular formula is C40H34BrN5O2. The molecule has 0 saturated heterocycles. The van der Waals surface area contributed by atoms with Crippen molar-refractivity contribution in [2.24, 2.45) is 0 Å². The van der Waals surface area contributed by atoms with Crippen LogP contribution in [0.4, 0.5) is 4.79 Å². The molecule has 0 spiro atoms. The molecule has 0 aliphatic heterocycles. The van der Waals surface area contributed by atoms with Crippen molar-refractivity contribution in [2.45, 2.75) is 38.8 Å². The fourth-order valence-electron chi connectivity index (χ4n) is 6.34. The number of carbonyl (C=O) groups is 1. The molecule has 0 saturated carbocycles. The van der Waals surface area contributed by atoms with Crippen molar-refractivity contribution < 1.29 is 9.53 Å². The van der Waals surface area contributed by atoms with Crippen LogP contribution in [-0.4, -0.2) is 36.5 Å². The number of fused-ring (bicyclic) bond motifs is 1. The summed E-state index contributed by atoms with van der Waals surface area (Å²) in [5.74, 6) is 0.418. The van der Waals surface area contributed by atoms with Gasteiger partial charge >= 0.3 is 6.09 Å². The van der Waals surface area contributed by atoms with Gasteiger partial charge in [0.05, 0.1) is 15.7 Å². The third kappa shape index (κ3) is 5.42. The van der Waals surface area contributed by atoms with Crippen LogP contribution >= 0.6 is 15.9 Å². The number of hydrogen-bond donors (Lipinski definition) is 0. The van der Waals surface area contributed by atoms with Crippen LogP contribution in [0.2, 0.25) is 0 Å². The Balaban J connectivity index is 1.47. The predicted octanol–water partition coefficient (Wildman–Crippen LogP) is 9.66. The van der Waals surface area contributed by atoms with E-state index in [2.05, 4.69) is 58.4 Å². The van der Waals surface area contributed by atoms with Crippen molar-refractivity contribution in [1.82, 2.24) is 24.8 Å². The maximum atomic E-state index is 13.9. The Labute approximate surface area is 287 Å². The average molecular weight is 697 g/mol. The second-order valence-electron chi connectivity index (χ2n) is 12.8. The third-order valence-corrected chi connectivity index (χ3v) is 9.15. The molecule has 0 atom stereocenters. The number of rotatable bonds is 6. The molecule has 0 aliphatic rings. The largest absolute Gasteiger partial charge is 0.443 e. The summed E-state index contributed by atoms with van der Waals surface area (Å²) in [6.07, 6.45) is -0.472. The number of nitrogens with zero attached hydrogens (tertiary/aromatic N) is 5. The molecule has 0 N–H and O–H groups in total. The van der Waals surface area contributed by atoms with Gasteiger partial charge in [-0.05, 0) is 77.7 Å². The molecule has 238 valence electrons. The smallest absolute Gasteiger partial charge is 0.419 e. The van der Waals surface area contributed by atoms with Crippen molar-refractivity contribution in [3.05, 3.63) is 160 Å². The minimum absolute atomic E-state index is 0.418. The number of carbonyl (C=O) groups excluding carboxylic acids is 1. The highest BCUT2D eigenvalue weighted by atomic mass is 79.9. The van der Waals surface area contributed by atoms with Gasteiger partial charge in [-0.1, -0.05) is 127 Å². The van der Waals surface area contributed by atoms with Crippen molar-refractivity contribution in [3.63, 3.8) is 0 Å². The van der Waals surface area contributed by atoms with Crippen LogP contribution in [0, 0.1) is 6.92 Å². The summed E-state index contributed by atoms with van der Waals surface area (Å²) >= 11 is 3.87. The van der Waals surface area contributed by atoms with Crippen molar-refractivity contribution >= 4 is 32.9 Å². The maximum absolute atomic E-state index is 13.9. The number of ether oxygens (including phenoxy) is 1. The summed E-state index contributed by atoms with van der Waals surface area (Å²) in [5, 5.41) is 15.5. The standard InChI is InChI=1S/C40H34BrN5O2/c1-27-24-25-34-33(26-27)35(41)36(45(34)38(47)48-39(2,3)4)31-22-14-15-23-32(31)37-42-44-46(43-37)40(28-16-8-5-9-17-28,29-18-10-6-11-19-29)30-20-12-7-13-21-30/h5-26H,1-4H3. The molecule has 0 bridgehead atoms. The number of hydrogen-bond acceptors (Lipinski definition) is 5. The minimum Gasteiger partial charge on any atom is -0.443 e. The summed E-state index contributed by atoms with van der Waals surface area (Å²) < 4.78 is 8.35. The van der Waals surface area contributed by atoms with E-state index in [1.54, 1.807) is 9.36 Å². The van der Waals surface area contributed by atoms with Gasteiger partial charge in [0.25, 0.3) is 0 Å². The predicted molar refractivity (Wildman–Crippen MR) is 193 cm³/mol. The van der Waals surface area contributed by atoms with Crippen LogP contribution in [0.3, 0.4) is 0 Å². The molecular weight excluding hydrogens is 662 g/mol. The van der Waals surface area contributed by atoms with E-state index in [0.29, 0.717) is 11.5 Å². The molecule has 0 aliphatic carbocycles. The molecule has 7 nitrogen and oxygen atoms in total. The Kier molecular flexibility index (Phi) is 8.05. The van der Waals surface area contributed by atoms with Crippen LogP contribution in [0.25, 0.3) is 33.5 Å². The summed E-state index contributed by atoms with van der Waals surface area (Å²) in [6.45, 7) is 7.63. The summed E-state index contributed by atoms with van der Waals surface area (Å²) in [5.41, 5.74) is 5.29. The summed E-state index contributed by atoms with van der Waals surface area (Å²) in [7, 11) is 0. The van der Waals surface area contributed by atoms with Crippen LogP contribution in [0.1, 0.15) is 43.0 Å². The summed E-state index contributed by atoms with van der Waals surface area (Å²) in [6, 6.07) is 44.6. The molecule has 5 aromatic carbocycles. The Morgan fingerprint density at radius 1 is 0.708 bits per heavy atom. The first-order valence-electron chi connectivity index (χ1n) is 15.8. The van der Waals surface area contributed by atoms with E-state index < -0.39 is 17.2 Å². The first-order valence-corrected chi connectivity index (χ1v) is 16.6. The molecule has 2 aromatic heterocycles. The number of tetrazole rings is 1. The van der Waals surface area contributed by atoms with Gasteiger partial charge < -0.3 is 4.74 Å². The van der Waals surface area contributed by atoms with Crippen molar-refractivity contribution in [1.29, 1.82) is 0 Å². The van der Waals surface area contributed by atoms with Gasteiger partial charge in [-0.25, -0.2) is 9.36 Å². The van der Waals surface area contributed by atoms with Gasteiger partial charge in [-0.2, -0.15) is 0 Å². The Bertz CT molecular complexity index is 2140. The molecule has 8 heteroatoms. The Morgan fingerprint density at radius 3 is 1.77 bits per heavy atom. The highest BCUT2D eigenvalue weighted by molar-refractivity contribution is 9.10. The molecule has 0 amide bonds. The van der Waals surface area contributed by atoms with Gasteiger partial charge in [-0.15, -0.1) is 15.0 Å². The number of halogens is 1. The zero-order valence-corrected chi connectivity index (χ0v) is 28.7. The van der Waals surface area contributed by atoms with Crippen LogP contribution in [0.5, 0.6) is 0 Å². The second kappa shape index (κ2) is 12.4. The van der Waals surface area contributed by atoms with Crippen molar-refractivity contribution in [2.75, 3.05) is 0 Å². The lowest BCUT2D eigenvalue weighted by atomic mass is 9.77. The van der Waals surface area contributed by atoms with E-state index in [0.717, 1.165) is 48.8 Å². The van der Waals surface area contributed by atoms with E-state index >= 15 is 0 Å². The topological polar surface area (TPSA) is 74.8 Å².